The molecule has 0 spiro atoms. The molecule has 0 saturated carbocycles. The number of benzene rings is 1. The Labute approximate surface area is 126 Å². The van der Waals surface area contributed by atoms with Crippen molar-refractivity contribution in [2.24, 2.45) is 0 Å². The fourth-order valence-electron chi connectivity index (χ4n) is 2.83. The number of rotatable bonds is 6. The number of likely N-dealkylation sites (tertiary alicyclic amines) is 1. The normalized spacial score (nSPS) is 21.6. The number of β-amino-alcohol motifs (C(OH)–C–C–N with tert-alkyl or cyclic N) is 1. The summed E-state index contributed by atoms with van der Waals surface area (Å²) in [5.41, 5.74) is 0. The molecule has 4 heteroatoms. The minimum atomic E-state index is -0.474. The lowest BCUT2D eigenvalue weighted by Crippen LogP contribution is -2.44. The van der Waals surface area contributed by atoms with Crippen LogP contribution in [0.25, 0.3) is 0 Å². The van der Waals surface area contributed by atoms with Crippen molar-refractivity contribution < 1.29 is 9.84 Å². The highest BCUT2D eigenvalue weighted by Gasteiger charge is 2.23. The quantitative estimate of drug-likeness (QED) is 0.874. The lowest BCUT2D eigenvalue weighted by Gasteiger charge is -2.36. The molecule has 112 valence electrons. The first-order chi connectivity index (χ1) is 9.70. The Balaban J connectivity index is 1.80. The van der Waals surface area contributed by atoms with E-state index in [1.165, 1.54) is 19.3 Å². The molecule has 1 aromatic carbocycles. The Bertz CT molecular complexity index is 413. The van der Waals surface area contributed by atoms with Crippen molar-refractivity contribution in [1.29, 1.82) is 0 Å². The number of hydrogen-bond donors (Lipinski definition) is 1. The fraction of sp³-hybridized carbons (Fsp3) is 0.625. The highest BCUT2D eigenvalue weighted by atomic mass is 35.5. The van der Waals surface area contributed by atoms with Crippen molar-refractivity contribution in [3.05, 3.63) is 29.3 Å². The second-order valence-corrected chi connectivity index (χ2v) is 5.86. The van der Waals surface area contributed by atoms with Gasteiger partial charge in [0.15, 0.2) is 0 Å². The van der Waals surface area contributed by atoms with Gasteiger partial charge in [0.25, 0.3) is 0 Å². The molecular formula is C16H24ClNO2. The molecule has 1 aliphatic heterocycles. The number of piperidine rings is 1. The van der Waals surface area contributed by atoms with E-state index in [0.717, 1.165) is 13.0 Å². The van der Waals surface area contributed by atoms with Crippen LogP contribution in [-0.2, 0) is 0 Å². The Kier molecular flexibility index (Phi) is 6.14. The number of hydrogen-bond acceptors (Lipinski definition) is 3. The molecule has 0 bridgehead atoms. The third-order valence-electron chi connectivity index (χ3n) is 3.93. The lowest BCUT2D eigenvalue weighted by atomic mass is 10.00. The van der Waals surface area contributed by atoms with E-state index < -0.39 is 6.10 Å². The van der Waals surface area contributed by atoms with Crippen LogP contribution < -0.4 is 4.74 Å². The minimum absolute atomic E-state index is 0.288. The Morgan fingerprint density at radius 2 is 2.20 bits per heavy atom. The third kappa shape index (κ3) is 4.37. The van der Waals surface area contributed by atoms with Crippen molar-refractivity contribution in [3.8, 4) is 5.75 Å². The largest absolute Gasteiger partial charge is 0.489 e. The molecule has 0 radical (unpaired) electrons. The molecule has 1 fully saturated rings. The maximum Gasteiger partial charge on any atom is 0.138 e. The first-order valence-corrected chi connectivity index (χ1v) is 7.88. The second-order valence-electron chi connectivity index (χ2n) is 5.45. The van der Waals surface area contributed by atoms with E-state index in [4.69, 9.17) is 16.3 Å². The van der Waals surface area contributed by atoms with Crippen molar-refractivity contribution in [2.45, 2.75) is 44.8 Å². The first-order valence-electron chi connectivity index (χ1n) is 7.50. The van der Waals surface area contributed by atoms with Gasteiger partial charge in [0.2, 0.25) is 0 Å². The molecule has 1 aliphatic rings. The summed E-state index contributed by atoms with van der Waals surface area (Å²) in [6.07, 6.45) is 4.46. The van der Waals surface area contributed by atoms with E-state index in [0.29, 0.717) is 23.4 Å². The van der Waals surface area contributed by atoms with Gasteiger partial charge in [-0.3, -0.25) is 4.90 Å². The first kappa shape index (κ1) is 15.6. The van der Waals surface area contributed by atoms with Crippen molar-refractivity contribution >= 4 is 11.6 Å². The van der Waals surface area contributed by atoms with Crippen molar-refractivity contribution in [2.75, 3.05) is 19.7 Å². The standard InChI is InChI=1S/C16H24ClNO2/c1-2-13-7-5-6-10-18(13)11-14(19)12-20-16-9-4-3-8-15(16)17/h3-4,8-9,13-14,19H,2,5-7,10-12H2,1H3. The van der Waals surface area contributed by atoms with Crippen LogP contribution in [0, 0.1) is 0 Å². The molecule has 0 amide bonds. The lowest BCUT2D eigenvalue weighted by molar-refractivity contribution is 0.0388. The molecule has 1 heterocycles. The summed E-state index contributed by atoms with van der Waals surface area (Å²) < 4.78 is 5.60. The summed E-state index contributed by atoms with van der Waals surface area (Å²) in [7, 11) is 0. The molecule has 2 rings (SSSR count). The molecule has 1 saturated heterocycles. The van der Waals surface area contributed by atoms with Crippen LogP contribution in [0.2, 0.25) is 5.02 Å². The molecule has 0 aliphatic carbocycles. The number of aliphatic hydroxyl groups excluding tert-OH is 1. The number of aliphatic hydroxyl groups is 1. The van der Waals surface area contributed by atoms with E-state index in [9.17, 15) is 5.11 Å². The Hall–Kier alpha value is -0.770. The Morgan fingerprint density at radius 1 is 1.40 bits per heavy atom. The van der Waals surface area contributed by atoms with Crippen LogP contribution in [0.3, 0.4) is 0 Å². The summed E-state index contributed by atoms with van der Waals surface area (Å²) in [5, 5.41) is 10.7. The van der Waals surface area contributed by atoms with Crippen LogP contribution in [0.5, 0.6) is 5.75 Å². The van der Waals surface area contributed by atoms with Gasteiger partial charge in [-0.1, -0.05) is 37.1 Å². The number of halogens is 1. The molecule has 0 aromatic heterocycles. The second kappa shape index (κ2) is 7.87. The van der Waals surface area contributed by atoms with Gasteiger partial charge in [0, 0.05) is 12.6 Å². The van der Waals surface area contributed by atoms with Crippen LogP contribution in [0.1, 0.15) is 32.6 Å². The van der Waals surface area contributed by atoms with Gasteiger partial charge >= 0.3 is 0 Å². The predicted octanol–water partition coefficient (Wildman–Crippen LogP) is 3.34. The molecule has 1 N–H and O–H groups in total. The molecule has 3 nitrogen and oxygen atoms in total. The van der Waals surface area contributed by atoms with Crippen molar-refractivity contribution in [3.63, 3.8) is 0 Å². The van der Waals surface area contributed by atoms with E-state index >= 15 is 0 Å². The van der Waals surface area contributed by atoms with E-state index in [2.05, 4.69) is 11.8 Å². The minimum Gasteiger partial charge on any atom is -0.489 e. The van der Waals surface area contributed by atoms with E-state index in [1.807, 2.05) is 18.2 Å². The zero-order chi connectivity index (χ0) is 14.4. The molecule has 20 heavy (non-hydrogen) atoms. The average molecular weight is 298 g/mol. The topological polar surface area (TPSA) is 32.7 Å². The van der Waals surface area contributed by atoms with Crippen LogP contribution in [0.15, 0.2) is 24.3 Å². The zero-order valence-corrected chi connectivity index (χ0v) is 12.9. The maximum atomic E-state index is 10.2. The van der Waals surface area contributed by atoms with E-state index in [1.54, 1.807) is 6.07 Å². The van der Waals surface area contributed by atoms with Gasteiger partial charge in [-0.2, -0.15) is 0 Å². The summed E-state index contributed by atoms with van der Waals surface area (Å²) in [6.45, 7) is 4.27. The summed E-state index contributed by atoms with van der Waals surface area (Å²) in [5.74, 6) is 0.638. The SMILES string of the molecule is CCC1CCCCN1CC(O)COc1ccccc1Cl. The van der Waals surface area contributed by atoms with Crippen LogP contribution in [-0.4, -0.2) is 41.8 Å². The van der Waals surface area contributed by atoms with Gasteiger partial charge in [0.05, 0.1) is 5.02 Å². The highest BCUT2D eigenvalue weighted by Crippen LogP contribution is 2.23. The van der Waals surface area contributed by atoms with Gasteiger partial charge in [0.1, 0.15) is 18.5 Å². The summed E-state index contributed by atoms with van der Waals surface area (Å²) in [4.78, 5) is 2.39. The van der Waals surface area contributed by atoms with Crippen LogP contribution in [0.4, 0.5) is 0 Å². The summed E-state index contributed by atoms with van der Waals surface area (Å²) in [6, 6.07) is 7.97. The monoisotopic (exact) mass is 297 g/mol. The molecule has 1 aromatic rings. The average Bonchev–Trinajstić information content (AvgIpc) is 2.47. The maximum absolute atomic E-state index is 10.2. The van der Waals surface area contributed by atoms with E-state index in [-0.39, 0.29) is 6.61 Å². The van der Waals surface area contributed by atoms with Gasteiger partial charge in [-0.05, 0) is 37.9 Å². The molecule has 2 unspecified atom stereocenters. The Morgan fingerprint density at radius 3 is 2.95 bits per heavy atom. The smallest absolute Gasteiger partial charge is 0.138 e. The predicted molar refractivity (Wildman–Crippen MR) is 82.5 cm³/mol. The molecular weight excluding hydrogens is 274 g/mol. The number of nitrogens with zero attached hydrogens (tertiary/aromatic N) is 1. The van der Waals surface area contributed by atoms with Crippen LogP contribution >= 0.6 is 11.6 Å². The van der Waals surface area contributed by atoms with Gasteiger partial charge in [-0.15, -0.1) is 0 Å². The van der Waals surface area contributed by atoms with Gasteiger partial charge in [-0.25, -0.2) is 0 Å². The highest BCUT2D eigenvalue weighted by molar-refractivity contribution is 6.32. The van der Waals surface area contributed by atoms with Gasteiger partial charge < -0.3 is 9.84 Å². The number of para-hydroxylation sites is 1. The fourth-order valence-corrected chi connectivity index (χ4v) is 3.02. The third-order valence-corrected chi connectivity index (χ3v) is 4.25. The molecule has 2 atom stereocenters. The number of ether oxygens (including phenoxy) is 1. The zero-order valence-electron chi connectivity index (χ0n) is 12.1. The van der Waals surface area contributed by atoms with Crippen molar-refractivity contribution in [1.82, 2.24) is 4.90 Å². The summed E-state index contributed by atoms with van der Waals surface area (Å²) >= 11 is 6.03.